The van der Waals surface area contributed by atoms with E-state index in [1.54, 1.807) is 19.0 Å². The van der Waals surface area contributed by atoms with Crippen LogP contribution in [0, 0.1) is 6.92 Å². The molecule has 2 heterocycles. The number of nitrogens with one attached hydrogen (secondary N) is 1. The number of aryl methyl sites for hydroxylation is 2. The number of likely N-dealkylation sites (N-methyl/N-ethyl adjacent to an activating group) is 1. The van der Waals surface area contributed by atoms with Crippen LogP contribution in [0.5, 0.6) is 0 Å². The first-order valence-corrected chi connectivity index (χ1v) is 7.44. The van der Waals surface area contributed by atoms with E-state index < -0.39 is 5.54 Å². The van der Waals surface area contributed by atoms with Gasteiger partial charge in [0.05, 0.1) is 24.5 Å². The van der Waals surface area contributed by atoms with Crippen LogP contribution in [-0.2, 0) is 22.6 Å². The average Bonchev–Trinajstić information content (AvgIpc) is 3.04. The van der Waals surface area contributed by atoms with E-state index >= 15 is 0 Å². The van der Waals surface area contributed by atoms with Crippen LogP contribution in [0.3, 0.4) is 0 Å². The zero-order valence-electron chi connectivity index (χ0n) is 13.3. The summed E-state index contributed by atoms with van der Waals surface area (Å²) in [7, 11) is 3.31. The second-order valence-corrected chi connectivity index (χ2v) is 5.49. The number of carbonyl (C=O) groups is 1. The number of methoxy groups -OCH3 is 1. The van der Waals surface area contributed by atoms with Gasteiger partial charge in [0.25, 0.3) is 0 Å². The molecule has 1 fully saturated rings. The first-order valence-electron chi connectivity index (χ1n) is 7.44. The zero-order chi connectivity index (χ0) is 15.5. The minimum atomic E-state index is -0.591. The Bertz CT molecular complexity index is 502. The summed E-state index contributed by atoms with van der Waals surface area (Å²) in [6.07, 6.45) is 1.79. The third kappa shape index (κ3) is 2.94. The van der Waals surface area contributed by atoms with Crippen molar-refractivity contribution >= 4 is 5.91 Å². The van der Waals surface area contributed by atoms with Crippen LogP contribution in [0.1, 0.15) is 31.2 Å². The molecule has 21 heavy (non-hydrogen) atoms. The minimum Gasteiger partial charge on any atom is -0.382 e. The van der Waals surface area contributed by atoms with Gasteiger partial charge in [0.2, 0.25) is 5.91 Å². The Morgan fingerprint density at radius 1 is 1.48 bits per heavy atom. The summed E-state index contributed by atoms with van der Waals surface area (Å²) in [5.41, 5.74) is 1.27. The summed E-state index contributed by atoms with van der Waals surface area (Å²) in [6.45, 7) is 6.62. The van der Waals surface area contributed by atoms with Gasteiger partial charge in [0, 0.05) is 20.7 Å². The van der Waals surface area contributed by atoms with Crippen molar-refractivity contribution in [3.63, 3.8) is 0 Å². The molecule has 1 aromatic heterocycles. The van der Waals surface area contributed by atoms with Gasteiger partial charge in [-0.1, -0.05) is 0 Å². The molecule has 0 bridgehead atoms. The topological polar surface area (TPSA) is 72.3 Å². The molecule has 1 saturated heterocycles. The molecule has 0 aromatic carbocycles. The van der Waals surface area contributed by atoms with E-state index in [0.717, 1.165) is 37.3 Å². The average molecular weight is 295 g/mol. The maximum Gasteiger partial charge on any atom is 0.242 e. The second-order valence-electron chi connectivity index (χ2n) is 5.49. The maximum absolute atomic E-state index is 12.4. The number of hydrogen-bond donors (Lipinski definition) is 1. The molecule has 0 spiro atoms. The molecule has 0 radical (unpaired) electrons. The van der Waals surface area contributed by atoms with Crippen LogP contribution in [0.15, 0.2) is 0 Å². The molecule has 1 unspecified atom stereocenters. The molecule has 1 aliphatic heterocycles. The highest BCUT2D eigenvalue weighted by molar-refractivity contribution is 5.86. The fourth-order valence-electron chi connectivity index (χ4n) is 3.06. The van der Waals surface area contributed by atoms with E-state index in [4.69, 9.17) is 4.74 Å². The molecule has 7 heteroatoms. The Labute approximate surface area is 125 Å². The highest BCUT2D eigenvalue weighted by Crippen LogP contribution is 2.31. The van der Waals surface area contributed by atoms with Crippen molar-refractivity contribution in [2.75, 3.05) is 27.3 Å². The normalized spacial score (nSPS) is 22.7. The first-order chi connectivity index (χ1) is 10.1. The largest absolute Gasteiger partial charge is 0.382 e. The molecule has 1 aliphatic rings. The van der Waals surface area contributed by atoms with Crippen LogP contribution >= 0.6 is 0 Å². The zero-order valence-corrected chi connectivity index (χ0v) is 13.3. The predicted molar refractivity (Wildman–Crippen MR) is 78.8 cm³/mol. The molecule has 0 saturated carbocycles. The fraction of sp³-hybridized carbons (Fsp3) is 0.786. The standard InChI is InChI=1S/C14H25N5O2/c1-5-19-16-11(2)12(17-19)9-18-8-6-7-14(18,10-21-4)13(20)15-3/h5-10H2,1-4H3,(H,15,20). The number of rotatable bonds is 6. The number of aromatic nitrogens is 3. The number of likely N-dealkylation sites (tertiary alicyclic amines) is 1. The van der Waals surface area contributed by atoms with Crippen LogP contribution in [0.4, 0.5) is 0 Å². The van der Waals surface area contributed by atoms with E-state index in [-0.39, 0.29) is 5.91 Å². The van der Waals surface area contributed by atoms with Gasteiger partial charge >= 0.3 is 0 Å². The quantitative estimate of drug-likeness (QED) is 0.819. The summed E-state index contributed by atoms with van der Waals surface area (Å²) >= 11 is 0. The summed E-state index contributed by atoms with van der Waals surface area (Å²) in [5, 5.41) is 11.6. The van der Waals surface area contributed by atoms with Gasteiger partial charge < -0.3 is 10.1 Å². The molecule has 118 valence electrons. The van der Waals surface area contributed by atoms with Crippen molar-refractivity contribution in [2.24, 2.45) is 0 Å². The van der Waals surface area contributed by atoms with Crippen molar-refractivity contribution in [1.82, 2.24) is 25.2 Å². The van der Waals surface area contributed by atoms with Crippen LogP contribution in [-0.4, -0.2) is 58.6 Å². The third-order valence-electron chi connectivity index (χ3n) is 4.20. The van der Waals surface area contributed by atoms with E-state index in [2.05, 4.69) is 20.4 Å². The maximum atomic E-state index is 12.4. The van der Waals surface area contributed by atoms with Gasteiger partial charge in [-0.25, -0.2) is 0 Å². The fourth-order valence-corrected chi connectivity index (χ4v) is 3.06. The number of nitrogens with zero attached hydrogens (tertiary/aromatic N) is 4. The van der Waals surface area contributed by atoms with E-state index in [1.807, 2.05) is 13.8 Å². The van der Waals surface area contributed by atoms with E-state index in [1.165, 1.54) is 0 Å². The lowest BCUT2D eigenvalue weighted by Gasteiger charge is -2.35. The monoisotopic (exact) mass is 295 g/mol. The summed E-state index contributed by atoms with van der Waals surface area (Å²) in [4.78, 5) is 16.3. The van der Waals surface area contributed by atoms with Gasteiger partial charge in [0.15, 0.2) is 0 Å². The number of hydrogen-bond acceptors (Lipinski definition) is 5. The van der Waals surface area contributed by atoms with Gasteiger partial charge in [0.1, 0.15) is 5.54 Å². The van der Waals surface area contributed by atoms with Crippen molar-refractivity contribution < 1.29 is 9.53 Å². The first kappa shape index (κ1) is 15.9. The Morgan fingerprint density at radius 3 is 2.81 bits per heavy atom. The third-order valence-corrected chi connectivity index (χ3v) is 4.20. The second kappa shape index (κ2) is 6.53. The molecule has 0 aliphatic carbocycles. The van der Waals surface area contributed by atoms with Gasteiger partial charge in [-0.05, 0) is 33.2 Å². The molecule has 1 aromatic rings. The van der Waals surface area contributed by atoms with E-state index in [0.29, 0.717) is 13.2 Å². The Balaban J connectivity index is 2.23. The molecule has 2 rings (SSSR count). The number of ether oxygens (including phenoxy) is 1. The molecule has 1 N–H and O–H groups in total. The van der Waals surface area contributed by atoms with Crippen LogP contribution < -0.4 is 5.32 Å². The molecule has 1 amide bonds. The van der Waals surface area contributed by atoms with Crippen LogP contribution in [0.25, 0.3) is 0 Å². The van der Waals surface area contributed by atoms with Crippen molar-refractivity contribution in [3.05, 3.63) is 11.4 Å². The minimum absolute atomic E-state index is 0.0161. The van der Waals surface area contributed by atoms with Gasteiger partial charge in [-0.15, -0.1) is 0 Å². The van der Waals surface area contributed by atoms with Crippen molar-refractivity contribution in [3.8, 4) is 0 Å². The number of amides is 1. The van der Waals surface area contributed by atoms with Crippen molar-refractivity contribution in [1.29, 1.82) is 0 Å². The molecule has 1 atom stereocenters. The molecular weight excluding hydrogens is 270 g/mol. The lowest BCUT2D eigenvalue weighted by Crippen LogP contribution is -2.57. The lowest BCUT2D eigenvalue weighted by molar-refractivity contribution is -0.135. The smallest absolute Gasteiger partial charge is 0.242 e. The number of carbonyl (C=O) groups excluding carboxylic acids is 1. The van der Waals surface area contributed by atoms with Crippen molar-refractivity contribution in [2.45, 2.75) is 45.3 Å². The SMILES string of the molecule is CCn1nc(C)c(CN2CCCC2(COC)C(=O)NC)n1. The summed E-state index contributed by atoms with van der Waals surface area (Å²) in [5.74, 6) is 0.0161. The highest BCUT2D eigenvalue weighted by atomic mass is 16.5. The molecule has 7 nitrogen and oxygen atoms in total. The highest BCUT2D eigenvalue weighted by Gasteiger charge is 2.47. The Morgan fingerprint density at radius 2 is 2.24 bits per heavy atom. The van der Waals surface area contributed by atoms with Gasteiger partial charge in [-0.2, -0.15) is 15.0 Å². The van der Waals surface area contributed by atoms with E-state index in [9.17, 15) is 4.79 Å². The Kier molecular flexibility index (Phi) is 4.95. The Hall–Kier alpha value is -1.47. The predicted octanol–water partition coefficient (Wildman–Crippen LogP) is 0.333. The van der Waals surface area contributed by atoms with Crippen LogP contribution in [0.2, 0.25) is 0 Å². The van der Waals surface area contributed by atoms with Gasteiger partial charge in [-0.3, -0.25) is 9.69 Å². The lowest BCUT2D eigenvalue weighted by atomic mass is 9.95. The summed E-state index contributed by atoms with van der Waals surface area (Å²) in [6, 6.07) is 0. The summed E-state index contributed by atoms with van der Waals surface area (Å²) < 4.78 is 5.33. The molecular formula is C14H25N5O2.